The first-order valence-corrected chi connectivity index (χ1v) is 17.8. The Morgan fingerprint density at radius 1 is 0.625 bits per heavy atom. The molecule has 0 saturated carbocycles. The number of benzene rings is 5. The first kappa shape index (κ1) is 36.3. The SMILES string of the molecule is CC1=Cc2cc(C)ccc2C1c1c(C(C)(C)C)c(=C(c2ccccc2)c2ccccc2)cc2c1=[C]([Zr+2])c1cc(C(C)(C)C)ccc1-2.[Cl-].[Cl-]. The number of hydrogen-bond donors (Lipinski definition) is 0. The normalized spacial score (nSPS) is 14.8. The van der Waals surface area contributed by atoms with Crippen LogP contribution in [0.1, 0.15) is 104 Å². The number of aryl methyl sites for hydroxylation is 1. The molecule has 1 unspecified atom stereocenters. The molecule has 0 heterocycles. The Bertz CT molecular complexity index is 2140. The summed E-state index contributed by atoms with van der Waals surface area (Å²) in [5.74, 6) is 0.207. The van der Waals surface area contributed by atoms with E-state index in [4.69, 9.17) is 0 Å². The van der Waals surface area contributed by atoms with Crippen LogP contribution in [0.15, 0.2) is 109 Å². The predicted octanol–water partition coefficient (Wildman–Crippen LogP) is 4.08. The van der Waals surface area contributed by atoms with E-state index in [0.29, 0.717) is 0 Å². The second-order valence-corrected chi connectivity index (χ2v) is 16.6. The summed E-state index contributed by atoms with van der Waals surface area (Å²) in [6.07, 6.45) is 2.44. The van der Waals surface area contributed by atoms with E-state index >= 15 is 0 Å². The van der Waals surface area contributed by atoms with Gasteiger partial charge in [0, 0.05) is 0 Å². The summed E-state index contributed by atoms with van der Waals surface area (Å²) in [5.41, 5.74) is 17.9. The maximum atomic E-state index is 2.56. The molecule has 0 amide bonds. The standard InChI is InChI=1S/C45H43.2ClH.Zr/c1-28-19-21-36-32(23-28)24-29(2)40(36)42-38-26-33-25-34(44(3,4)5)20-22-35(33)37(38)27-39(43(42)45(6,7)8)41(30-15-11-9-12-16-30)31-17-13-10-14-18-31;;;/h9-25,27,40H,1-8H3;2*1H;/q;;;+2/p-2. The molecule has 0 aromatic heterocycles. The molecular weight excluding hydrogens is 703 g/mol. The van der Waals surface area contributed by atoms with Gasteiger partial charge in [-0.2, -0.15) is 0 Å². The van der Waals surface area contributed by atoms with Crippen LogP contribution in [0.25, 0.3) is 26.1 Å². The monoisotopic (exact) mass is 743 g/mol. The van der Waals surface area contributed by atoms with E-state index in [-0.39, 0.29) is 41.6 Å². The average Bonchev–Trinajstić information content (AvgIpc) is 3.48. The van der Waals surface area contributed by atoms with Gasteiger partial charge in [0.1, 0.15) is 0 Å². The Morgan fingerprint density at radius 2 is 1.23 bits per heavy atom. The van der Waals surface area contributed by atoms with Crippen LogP contribution in [0.4, 0.5) is 0 Å². The maximum absolute atomic E-state index is 2.56. The number of fused-ring (bicyclic) bond motifs is 4. The number of halogens is 2. The number of rotatable bonds is 3. The van der Waals surface area contributed by atoms with E-state index in [9.17, 15) is 0 Å². The Labute approximate surface area is 314 Å². The van der Waals surface area contributed by atoms with Gasteiger partial charge in [0.05, 0.1) is 0 Å². The molecular formula is C45H43Cl2Zr. The van der Waals surface area contributed by atoms with Gasteiger partial charge >= 0.3 is 292 Å². The zero-order valence-corrected chi connectivity index (χ0v) is 33.2. The van der Waals surface area contributed by atoms with Gasteiger partial charge in [0.15, 0.2) is 0 Å². The summed E-state index contributed by atoms with van der Waals surface area (Å²) in [5, 5.41) is 2.82. The van der Waals surface area contributed by atoms with Crippen molar-refractivity contribution in [3.63, 3.8) is 0 Å². The van der Waals surface area contributed by atoms with Gasteiger partial charge in [-0.05, 0) is 0 Å². The second-order valence-electron chi connectivity index (χ2n) is 15.3. The Kier molecular flexibility index (Phi) is 10.1. The molecule has 0 saturated heterocycles. The van der Waals surface area contributed by atoms with Crippen LogP contribution in [0.5, 0.6) is 0 Å². The molecule has 241 valence electrons. The van der Waals surface area contributed by atoms with Gasteiger partial charge in [-0.3, -0.25) is 0 Å². The summed E-state index contributed by atoms with van der Waals surface area (Å²) < 4.78 is 1.49. The van der Waals surface area contributed by atoms with Gasteiger partial charge in [-0.1, -0.05) is 0 Å². The van der Waals surface area contributed by atoms with E-state index in [1.807, 2.05) is 0 Å². The molecule has 7 rings (SSSR count). The quantitative estimate of drug-likeness (QED) is 0.262. The van der Waals surface area contributed by atoms with E-state index in [1.165, 1.54) is 111 Å². The molecule has 3 heteroatoms. The van der Waals surface area contributed by atoms with Gasteiger partial charge < -0.3 is 24.8 Å². The molecule has 0 aliphatic heterocycles. The fraction of sp³-hybridized carbons (Fsp3) is 0.244. The van der Waals surface area contributed by atoms with Crippen molar-refractivity contribution < 1.29 is 49.5 Å². The predicted molar refractivity (Wildman–Crippen MR) is 192 cm³/mol. The van der Waals surface area contributed by atoms with Crippen molar-refractivity contribution in [3.8, 4) is 11.1 Å². The summed E-state index contributed by atoms with van der Waals surface area (Å²) in [6.45, 7) is 18.8. The smallest absolute Gasteiger partial charge is 1.00 e. The Balaban J connectivity index is 0.00000225. The molecule has 0 radical (unpaired) electrons. The van der Waals surface area contributed by atoms with E-state index in [0.717, 1.165) is 0 Å². The minimum absolute atomic E-state index is 0. The fourth-order valence-electron chi connectivity index (χ4n) is 7.79. The molecule has 2 aliphatic rings. The molecule has 2 aliphatic carbocycles. The Hall–Kier alpha value is -2.96. The van der Waals surface area contributed by atoms with Crippen LogP contribution in [0, 0.1) is 6.92 Å². The van der Waals surface area contributed by atoms with E-state index in [1.54, 1.807) is 0 Å². The van der Waals surface area contributed by atoms with Crippen molar-refractivity contribution in [3.05, 3.63) is 169 Å². The Morgan fingerprint density at radius 3 is 1.79 bits per heavy atom. The van der Waals surface area contributed by atoms with E-state index in [2.05, 4.69) is 165 Å². The molecule has 0 spiro atoms. The molecule has 0 bridgehead atoms. The van der Waals surface area contributed by atoms with Crippen LogP contribution in [0.2, 0.25) is 0 Å². The molecule has 0 fully saturated rings. The largest absolute Gasteiger partial charge is 1.00 e. The van der Waals surface area contributed by atoms with Gasteiger partial charge in [0.25, 0.3) is 0 Å². The van der Waals surface area contributed by atoms with Crippen molar-refractivity contribution in [1.29, 1.82) is 0 Å². The van der Waals surface area contributed by atoms with Crippen molar-refractivity contribution in [2.45, 2.75) is 72.1 Å². The average molecular weight is 746 g/mol. The summed E-state index contributed by atoms with van der Waals surface area (Å²) in [4.78, 5) is 0. The fourth-order valence-corrected chi connectivity index (χ4v) is 8.96. The summed E-state index contributed by atoms with van der Waals surface area (Å²) >= 11 is 1.47. The van der Waals surface area contributed by atoms with Gasteiger partial charge in [-0.25, -0.2) is 0 Å². The molecule has 5 aromatic carbocycles. The van der Waals surface area contributed by atoms with Crippen LogP contribution in [-0.4, -0.2) is 0 Å². The molecule has 5 aromatic rings. The topological polar surface area (TPSA) is 0 Å². The first-order chi connectivity index (χ1) is 21.8. The van der Waals surface area contributed by atoms with E-state index < -0.39 is 0 Å². The third-order valence-corrected chi connectivity index (χ3v) is 11.2. The summed E-state index contributed by atoms with van der Waals surface area (Å²) in [7, 11) is 0. The first-order valence-electron chi connectivity index (χ1n) is 16.6. The molecule has 48 heavy (non-hydrogen) atoms. The molecule has 1 atom stereocenters. The molecule has 0 nitrogen and oxygen atoms in total. The summed E-state index contributed by atoms with van der Waals surface area (Å²) in [6, 6.07) is 39.0. The van der Waals surface area contributed by atoms with Crippen molar-refractivity contribution in [2.75, 3.05) is 0 Å². The van der Waals surface area contributed by atoms with Crippen molar-refractivity contribution >= 4 is 14.9 Å². The number of allylic oxidation sites excluding steroid dienone is 1. The van der Waals surface area contributed by atoms with Crippen LogP contribution in [-0.2, 0) is 35.5 Å². The van der Waals surface area contributed by atoms with Crippen LogP contribution < -0.4 is 35.3 Å². The van der Waals surface area contributed by atoms with Crippen molar-refractivity contribution in [2.24, 2.45) is 0 Å². The van der Waals surface area contributed by atoms with Crippen molar-refractivity contribution in [1.82, 2.24) is 0 Å². The second kappa shape index (κ2) is 13.4. The zero-order chi connectivity index (χ0) is 32.5. The third-order valence-electron chi connectivity index (χ3n) is 9.89. The number of hydrogen-bond acceptors (Lipinski definition) is 0. The van der Waals surface area contributed by atoms with Gasteiger partial charge in [-0.15, -0.1) is 0 Å². The van der Waals surface area contributed by atoms with Crippen LogP contribution in [0.3, 0.4) is 0 Å². The minimum atomic E-state index is -0.107. The van der Waals surface area contributed by atoms with Gasteiger partial charge in [0.2, 0.25) is 0 Å². The zero-order valence-electron chi connectivity index (χ0n) is 29.2. The van der Waals surface area contributed by atoms with Crippen LogP contribution >= 0.6 is 0 Å². The maximum Gasteiger partial charge on any atom is -1.00 e. The molecule has 0 N–H and O–H groups in total. The third kappa shape index (κ3) is 6.17. The minimum Gasteiger partial charge on any atom is -1.00 e.